The average Bonchev–Trinajstić information content (AvgIpc) is 2.53. The predicted molar refractivity (Wildman–Crippen MR) is 88.2 cm³/mol. The fourth-order valence-electron chi connectivity index (χ4n) is 2.56. The molecule has 1 saturated heterocycles. The summed E-state index contributed by atoms with van der Waals surface area (Å²) in [5.74, 6) is -1.31. The second-order valence-electron chi connectivity index (χ2n) is 5.93. The predicted octanol–water partition coefficient (Wildman–Crippen LogP) is 1.53. The molecule has 0 amide bonds. The van der Waals surface area contributed by atoms with Gasteiger partial charge in [-0.05, 0) is 19.1 Å². The van der Waals surface area contributed by atoms with E-state index in [0.29, 0.717) is 5.75 Å². The molecule has 8 heteroatoms. The van der Waals surface area contributed by atoms with E-state index in [1.807, 2.05) is 19.1 Å². The summed E-state index contributed by atoms with van der Waals surface area (Å²) in [4.78, 5) is 34.3. The van der Waals surface area contributed by atoms with Gasteiger partial charge in [-0.15, -0.1) is 0 Å². The Balaban J connectivity index is 2.25. The molecule has 0 bridgehead atoms. The van der Waals surface area contributed by atoms with Crippen LogP contribution in [0.1, 0.15) is 26.3 Å². The highest BCUT2D eigenvalue weighted by atomic mass is 16.7. The van der Waals surface area contributed by atoms with E-state index < -0.39 is 42.5 Å². The average molecular weight is 366 g/mol. The third-order valence-corrected chi connectivity index (χ3v) is 3.58. The van der Waals surface area contributed by atoms with Crippen LogP contribution in [0.15, 0.2) is 24.3 Å². The molecule has 1 aromatic rings. The summed E-state index contributed by atoms with van der Waals surface area (Å²) < 4.78 is 27.0. The molecule has 0 N–H and O–H groups in total. The quantitative estimate of drug-likeness (QED) is 0.572. The molecule has 0 saturated carbocycles. The normalized spacial score (nSPS) is 25.1. The fraction of sp³-hybridized carbons (Fsp3) is 0.500. The largest absolute Gasteiger partial charge is 0.461 e. The maximum Gasteiger partial charge on any atom is 0.303 e. The Morgan fingerprint density at radius 3 is 1.96 bits per heavy atom. The summed E-state index contributed by atoms with van der Waals surface area (Å²) >= 11 is 0. The summed E-state index contributed by atoms with van der Waals surface area (Å²) in [5, 5.41) is 0. The zero-order valence-corrected chi connectivity index (χ0v) is 15.1. The number of carbonyl (C=O) groups is 3. The van der Waals surface area contributed by atoms with Gasteiger partial charge < -0.3 is 23.7 Å². The standard InChI is InChI=1S/C18H22O8/c1-10-5-7-14(8-6-10)26-18-17(25-13(4)21)16(24-12(3)20)15(9-22-18)23-11(2)19/h5-8,15-18H,9H2,1-4H3/t15-,16-,17+,18+/m1/s1. The first-order chi connectivity index (χ1) is 12.3. The summed E-state index contributed by atoms with van der Waals surface area (Å²) in [7, 11) is 0. The zero-order chi connectivity index (χ0) is 19.3. The van der Waals surface area contributed by atoms with Crippen LogP contribution in [-0.2, 0) is 33.3 Å². The maximum absolute atomic E-state index is 11.5. The van der Waals surface area contributed by atoms with Crippen LogP contribution in [0, 0.1) is 6.92 Å². The van der Waals surface area contributed by atoms with Crippen molar-refractivity contribution in [2.75, 3.05) is 6.61 Å². The number of hydrogen-bond donors (Lipinski definition) is 0. The van der Waals surface area contributed by atoms with E-state index in [9.17, 15) is 14.4 Å². The minimum atomic E-state index is -1.10. The van der Waals surface area contributed by atoms with Crippen LogP contribution in [0.4, 0.5) is 0 Å². The van der Waals surface area contributed by atoms with Gasteiger partial charge in [0, 0.05) is 20.8 Å². The van der Waals surface area contributed by atoms with E-state index in [2.05, 4.69) is 0 Å². The monoisotopic (exact) mass is 366 g/mol. The molecule has 0 aliphatic carbocycles. The molecule has 0 spiro atoms. The maximum atomic E-state index is 11.5. The van der Waals surface area contributed by atoms with E-state index in [-0.39, 0.29) is 6.61 Å². The van der Waals surface area contributed by atoms with Gasteiger partial charge in [0.05, 0.1) is 6.61 Å². The van der Waals surface area contributed by atoms with Gasteiger partial charge in [-0.1, -0.05) is 17.7 Å². The van der Waals surface area contributed by atoms with Crippen molar-refractivity contribution >= 4 is 17.9 Å². The van der Waals surface area contributed by atoms with Crippen molar-refractivity contribution in [1.29, 1.82) is 0 Å². The Morgan fingerprint density at radius 2 is 1.42 bits per heavy atom. The SMILES string of the molecule is CC(=O)O[C@@H]1[C@H](Oc2ccc(C)cc2)OC[C@@H](OC(C)=O)[C@H]1OC(C)=O. The van der Waals surface area contributed by atoms with Crippen molar-refractivity contribution in [2.24, 2.45) is 0 Å². The lowest BCUT2D eigenvalue weighted by atomic mass is 10.0. The molecule has 1 aliphatic rings. The van der Waals surface area contributed by atoms with Crippen LogP contribution in [-0.4, -0.2) is 49.1 Å². The van der Waals surface area contributed by atoms with Crippen LogP contribution in [0.3, 0.4) is 0 Å². The molecule has 1 heterocycles. The third-order valence-electron chi connectivity index (χ3n) is 3.58. The number of benzene rings is 1. The van der Waals surface area contributed by atoms with Gasteiger partial charge in [0.2, 0.25) is 12.4 Å². The molecule has 0 radical (unpaired) electrons. The zero-order valence-electron chi connectivity index (χ0n) is 15.1. The van der Waals surface area contributed by atoms with Crippen LogP contribution >= 0.6 is 0 Å². The van der Waals surface area contributed by atoms with Crippen molar-refractivity contribution in [2.45, 2.75) is 52.3 Å². The van der Waals surface area contributed by atoms with E-state index in [1.54, 1.807) is 12.1 Å². The number of rotatable bonds is 5. The minimum absolute atomic E-state index is 0.0776. The molecular weight excluding hydrogens is 344 g/mol. The molecule has 142 valence electrons. The van der Waals surface area contributed by atoms with Crippen molar-refractivity contribution < 1.29 is 38.1 Å². The van der Waals surface area contributed by atoms with Crippen molar-refractivity contribution in [3.63, 3.8) is 0 Å². The molecule has 4 atom stereocenters. The molecule has 0 unspecified atom stereocenters. The Kier molecular flexibility index (Phi) is 6.57. The Bertz CT molecular complexity index is 654. The number of esters is 3. The van der Waals surface area contributed by atoms with Crippen LogP contribution in [0.5, 0.6) is 5.75 Å². The minimum Gasteiger partial charge on any atom is -0.461 e. The first kappa shape index (κ1) is 19.7. The molecule has 2 rings (SSSR count). The highest BCUT2D eigenvalue weighted by Crippen LogP contribution is 2.27. The lowest BCUT2D eigenvalue weighted by molar-refractivity contribution is -0.259. The fourth-order valence-corrected chi connectivity index (χ4v) is 2.56. The van der Waals surface area contributed by atoms with Crippen LogP contribution in [0.25, 0.3) is 0 Å². The van der Waals surface area contributed by atoms with Gasteiger partial charge in [0.15, 0.2) is 12.2 Å². The van der Waals surface area contributed by atoms with Gasteiger partial charge in [-0.3, -0.25) is 14.4 Å². The van der Waals surface area contributed by atoms with Crippen molar-refractivity contribution in [3.05, 3.63) is 29.8 Å². The lowest BCUT2D eigenvalue weighted by Crippen LogP contribution is -2.59. The summed E-state index contributed by atoms with van der Waals surface area (Å²) in [6.07, 6.45) is -4.10. The van der Waals surface area contributed by atoms with Gasteiger partial charge in [-0.25, -0.2) is 0 Å². The van der Waals surface area contributed by atoms with Gasteiger partial charge in [0.1, 0.15) is 5.75 Å². The molecule has 1 aliphatic heterocycles. The second-order valence-corrected chi connectivity index (χ2v) is 5.93. The number of aryl methyl sites for hydroxylation is 1. The first-order valence-corrected chi connectivity index (χ1v) is 8.13. The van der Waals surface area contributed by atoms with E-state index in [0.717, 1.165) is 5.56 Å². The molecular formula is C18H22O8. The Morgan fingerprint density at radius 1 is 0.885 bits per heavy atom. The number of carbonyl (C=O) groups excluding carboxylic acids is 3. The van der Waals surface area contributed by atoms with Gasteiger partial charge >= 0.3 is 17.9 Å². The topological polar surface area (TPSA) is 97.4 Å². The van der Waals surface area contributed by atoms with Crippen molar-refractivity contribution in [1.82, 2.24) is 0 Å². The van der Waals surface area contributed by atoms with Gasteiger partial charge in [0.25, 0.3) is 0 Å². The Hall–Kier alpha value is -2.61. The van der Waals surface area contributed by atoms with Crippen LogP contribution < -0.4 is 4.74 Å². The summed E-state index contributed by atoms with van der Waals surface area (Å²) in [5.41, 5.74) is 1.05. The molecule has 8 nitrogen and oxygen atoms in total. The van der Waals surface area contributed by atoms with E-state index >= 15 is 0 Å². The lowest BCUT2D eigenvalue weighted by Gasteiger charge is -2.40. The highest BCUT2D eigenvalue weighted by Gasteiger charge is 2.48. The van der Waals surface area contributed by atoms with E-state index in [1.165, 1.54) is 20.8 Å². The first-order valence-electron chi connectivity index (χ1n) is 8.13. The van der Waals surface area contributed by atoms with Crippen LogP contribution in [0.2, 0.25) is 0 Å². The number of hydrogen-bond acceptors (Lipinski definition) is 8. The van der Waals surface area contributed by atoms with Crippen molar-refractivity contribution in [3.8, 4) is 5.75 Å². The number of ether oxygens (including phenoxy) is 5. The van der Waals surface area contributed by atoms with Gasteiger partial charge in [-0.2, -0.15) is 0 Å². The molecule has 26 heavy (non-hydrogen) atoms. The summed E-state index contributed by atoms with van der Waals surface area (Å²) in [6.45, 7) is 5.50. The Labute approximate surface area is 151 Å². The summed E-state index contributed by atoms with van der Waals surface area (Å²) in [6, 6.07) is 7.18. The smallest absolute Gasteiger partial charge is 0.303 e. The second kappa shape index (κ2) is 8.66. The molecule has 1 aromatic carbocycles. The third kappa shape index (κ3) is 5.45. The highest BCUT2D eigenvalue weighted by molar-refractivity contribution is 5.68. The van der Waals surface area contributed by atoms with E-state index in [4.69, 9.17) is 23.7 Å². The molecule has 1 fully saturated rings. The molecule has 0 aromatic heterocycles.